The molecule has 1 aromatic heterocycles. The first-order valence-corrected chi connectivity index (χ1v) is 7.54. The molecule has 0 aromatic carbocycles. The largest absolute Gasteiger partial charge is 0.388 e. The lowest BCUT2D eigenvalue weighted by molar-refractivity contribution is -0.383. The lowest BCUT2D eigenvalue weighted by Gasteiger charge is -2.32. The van der Waals surface area contributed by atoms with E-state index in [9.17, 15) is 15.2 Å². The van der Waals surface area contributed by atoms with Crippen LogP contribution in [0.15, 0.2) is 6.07 Å². The van der Waals surface area contributed by atoms with Crippen LogP contribution in [0.3, 0.4) is 0 Å². The summed E-state index contributed by atoms with van der Waals surface area (Å²) in [5, 5.41) is 21.5. The van der Waals surface area contributed by atoms with E-state index < -0.39 is 6.10 Å². The van der Waals surface area contributed by atoms with Crippen LogP contribution in [-0.4, -0.2) is 36.8 Å². The monoisotopic (exact) mass is 300 g/mol. The summed E-state index contributed by atoms with van der Waals surface area (Å²) in [4.78, 5) is 13.5. The molecule has 1 N–H and O–H groups in total. The number of nitrogens with zero attached hydrogens (tertiary/aromatic N) is 2. The van der Waals surface area contributed by atoms with Gasteiger partial charge in [0.15, 0.2) is 5.00 Å². The van der Waals surface area contributed by atoms with E-state index in [0.29, 0.717) is 22.4 Å². The number of piperidine rings is 1. The lowest BCUT2D eigenvalue weighted by Crippen LogP contribution is -2.36. The molecule has 1 aromatic rings. The third kappa shape index (κ3) is 3.28. The highest BCUT2D eigenvalue weighted by molar-refractivity contribution is 7.16. The Kier molecular flexibility index (Phi) is 4.95. The highest BCUT2D eigenvalue weighted by Gasteiger charge is 2.29. The fourth-order valence-electron chi connectivity index (χ4n) is 2.57. The molecule has 0 spiro atoms. The van der Waals surface area contributed by atoms with Crippen LogP contribution in [-0.2, 0) is 4.74 Å². The van der Waals surface area contributed by atoms with Crippen molar-refractivity contribution in [3.05, 3.63) is 21.1 Å². The molecule has 7 heteroatoms. The van der Waals surface area contributed by atoms with Gasteiger partial charge < -0.3 is 14.7 Å². The van der Waals surface area contributed by atoms with Gasteiger partial charge in [-0.3, -0.25) is 10.1 Å². The summed E-state index contributed by atoms with van der Waals surface area (Å²) in [7, 11) is 1.68. The van der Waals surface area contributed by atoms with E-state index in [2.05, 4.69) is 4.90 Å². The number of nitro groups is 1. The van der Waals surface area contributed by atoms with E-state index in [1.54, 1.807) is 14.0 Å². The highest BCUT2D eigenvalue weighted by atomic mass is 32.1. The SMILES string of the molecule is COCC1CCCN(c2sc(C(C)O)cc2[N+](=O)[O-])C1. The Morgan fingerprint density at radius 1 is 1.70 bits per heavy atom. The number of ether oxygens (including phenoxy) is 1. The first kappa shape index (κ1) is 15.2. The summed E-state index contributed by atoms with van der Waals surface area (Å²) in [6.45, 7) is 3.90. The molecule has 2 heterocycles. The van der Waals surface area contributed by atoms with Crippen LogP contribution in [0.25, 0.3) is 0 Å². The second-order valence-electron chi connectivity index (χ2n) is 5.18. The van der Waals surface area contributed by atoms with Gasteiger partial charge in [0.05, 0.1) is 17.6 Å². The van der Waals surface area contributed by atoms with Crippen molar-refractivity contribution >= 4 is 22.0 Å². The zero-order valence-corrected chi connectivity index (χ0v) is 12.6. The van der Waals surface area contributed by atoms with Gasteiger partial charge in [0.25, 0.3) is 0 Å². The minimum atomic E-state index is -0.674. The Labute approximate surface area is 122 Å². The van der Waals surface area contributed by atoms with Crippen molar-refractivity contribution in [3.63, 3.8) is 0 Å². The van der Waals surface area contributed by atoms with Crippen LogP contribution < -0.4 is 4.90 Å². The van der Waals surface area contributed by atoms with Crippen molar-refractivity contribution in [2.75, 3.05) is 31.7 Å². The zero-order chi connectivity index (χ0) is 14.7. The predicted molar refractivity (Wildman–Crippen MR) is 78.4 cm³/mol. The van der Waals surface area contributed by atoms with Gasteiger partial charge in [0.1, 0.15) is 0 Å². The normalized spacial score (nSPS) is 20.9. The maximum absolute atomic E-state index is 11.2. The molecule has 1 aliphatic rings. The molecule has 112 valence electrons. The topological polar surface area (TPSA) is 75.8 Å². The summed E-state index contributed by atoms with van der Waals surface area (Å²) in [5.74, 6) is 0.408. The van der Waals surface area contributed by atoms with E-state index in [4.69, 9.17) is 4.74 Å². The van der Waals surface area contributed by atoms with Crippen LogP contribution in [0.4, 0.5) is 10.7 Å². The Morgan fingerprint density at radius 2 is 2.45 bits per heavy atom. The van der Waals surface area contributed by atoms with Crippen molar-refractivity contribution in [1.29, 1.82) is 0 Å². The number of aliphatic hydroxyl groups is 1. The Morgan fingerprint density at radius 3 is 3.05 bits per heavy atom. The van der Waals surface area contributed by atoms with Crippen LogP contribution in [0, 0.1) is 16.0 Å². The Hall–Kier alpha value is -1.18. The minimum absolute atomic E-state index is 0.101. The van der Waals surface area contributed by atoms with Gasteiger partial charge in [-0.15, -0.1) is 11.3 Å². The molecule has 2 rings (SSSR count). The van der Waals surface area contributed by atoms with Gasteiger partial charge in [-0.1, -0.05) is 0 Å². The Bertz CT molecular complexity index is 473. The van der Waals surface area contributed by atoms with Crippen molar-refractivity contribution in [2.24, 2.45) is 5.92 Å². The van der Waals surface area contributed by atoms with Gasteiger partial charge in [-0.05, 0) is 25.7 Å². The van der Waals surface area contributed by atoms with Crippen molar-refractivity contribution in [3.8, 4) is 0 Å². The fourth-order valence-corrected chi connectivity index (χ4v) is 3.67. The highest BCUT2D eigenvalue weighted by Crippen LogP contribution is 2.41. The van der Waals surface area contributed by atoms with Gasteiger partial charge in [0, 0.05) is 31.1 Å². The van der Waals surface area contributed by atoms with Crippen LogP contribution in [0.5, 0.6) is 0 Å². The van der Waals surface area contributed by atoms with E-state index >= 15 is 0 Å². The predicted octanol–water partition coefficient (Wildman–Crippen LogP) is 2.57. The van der Waals surface area contributed by atoms with Gasteiger partial charge in [-0.25, -0.2) is 0 Å². The van der Waals surface area contributed by atoms with Crippen molar-refractivity contribution in [1.82, 2.24) is 0 Å². The number of rotatable bonds is 5. The van der Waals surface area contributed by atoms with E-state index in [0.717, 1.165) is 25.9 Å². The number of hydrogen-bond acceptors (Lipinski definition) is 6. The van der Waals surface area contributed by atoms with Gasteiger partial charge >= 0.3 is 5.69 Å². The quantitative estimate of drug-likeness (QED) is 0.668. The minimum Gasteiger partial charge on any atom is -0.388 e. The maximum Gasteiger partial charge on any atom is 0.304 e. The molecule has 0 amide bonds. The average molecular weight is 300 g/mol. The second kappa shape index (κ2) is 6.51. The lowest BCUT2D eigenvalue weighted by atomic mass is 9.99. The van der Waals surface area contributed by atoms with Crippen molar-refractivity contribution in [2.45, 2.75) is 25.9 Å². The average Bonchev–Trinajstić information content (AvgIpc) is 2.85. The molecular weight excluding hydrogens is 280 g/mol. The molecule has 6 nitrogen and oxygen atoms in total. The molecule has 20 heavy (non-hydrogen) atoms. The van der Waals surface area contributed by atoms with Crippen LogP contribution in [0.1, 0.15) is 30.7 Å². The number of aliphatic hydroxyl groups excluding tert-OH is 1. The smallest absolute Gasteiger partial charge is 0.304 e. The molecular formula is C13H20N2O4S. The molecule has 0 radical (unpaired) electrons. The molecule has 0 aliphatic carbocycles. The standard InChI is InChI=1S/C13H20N2O4S/c1-9(16)12-6-11(15(17)18)13(20-12)14-5-3-4-10(7-14)8-19-2/h6,9-10,16H,3-5,7-8H2,1-2H3. The third-order valence-corrected chi connectivity index (χ3v) is 4.88. The van der Waals surface area contributed by atoms with E-state index in [-0.39, 0.29) is 10.6 Å². The first-order valence-electron chi connectivity index (χ1n) is 6.73. The molecule has 0 bridgehead atoms. The molecule has 2 atom stereocenters. The number of hydrogen-bond donors (Lipinski definition) is 1. The summed E-state index contributed by atoms with van der Waals surface area (Å²) in [6, 6.07) is 1.49. The number of anilines is 1. The van der Waals surface area contributed by atoms with Gasteiger partial charge in [0.2, 0.25) is 0 Å². The summed E-state index contributed by atoms with van der Waals surface area (Å²) < 4.78 is 5.19. The molecule has 0 saturated carbocycles. The summed E-state index contributed by atoms with van der Waals surface area (Å²) in [5.41, 5.74) is 0.101. The van der Waals surface area contributed by atoms with Crippen LogP contribution >= 0.6 is 11.3 Å². The summed E-state index contributed by atoms with van der Waals surface area (Å²) in [6.07, 6.45) is 1.42. The zero-order valence-electron chi connectivity index (χ0n) is 11.7. The van der Waals surface area contributed by atoms with E-state index in [1.807, 2.05) is 0 Å². The molecule has 1 fully saturated rings. The third-order valence-electron chi connectivity index (χ3n) is 3.53. The second-order valence-corrected chi connectivity index (χ2v) is 6.24. The van der Waals surface area contributed by atoms with Crippen LogP contribution in [0.2, 0.25) is 0 Å². The molecule has 1 saturated heterocycles. The van der Waals surface area contributed by atoms with Gasteiger partial charge in [-0.2, -0.15) is 0 Å². The molecule has 2 unspecified atom stereocenters. The fraction of sp³-hybridized carbons (Fsp3) is 0.692. The molecule has 1 aliphatic heterocycles. The first-order chi connectivity index (χ1) is 9.52. The maximum atomic E-state index is 11.2. The number of thiophene rings is 1. The number of methoxy groups -OCH3 is 1. The summed E-state index contributed by atoms with van der Waals surface area (Å²) >= 11 is 1.32. The van der Waals surface area contributed by atoms with E-state index in [1.165, 1.54) is 17.4 Å². The Balaban J connectivity index is 2.24. The van der Waals surface area contributed by atoms with Crippen molar-refractivity contribution < 1.29 is 14.8 Å².